The first-order chi connectivity index (χ1) is 14.6. The third-order valence-electron chi connectivity index (χ3n) is 5.10. The summed E-state index contributed by atoms with van der Waals surface area (Å²) in [4.78, 5) is 24.8. The van der Waals surface area contributed by atoms with Gasteiger partial charge in [0.1, 0.15) is 36.2 Å². The Labute approximate surface area is 173 Å². The SMILES string of the molecule is COC(=O)c1ccc(C(=O)O[C@H]2CO[C@H]3[C@@H]2OC[C@H]3O)cc1OCc1ccccc1. The standard InChI is InChI=1S/C22H22O8/c1-26-22(25)15-8-7-14(9-17(15)27-10-13-5-3-2-4-6-13)21(24)30-18-12-29-19-16(23)11-28-20(18)19/h2-9,16,18-20,23H,10-12H2,1H3/t16-,18+,19-,20-/m1/s1. The van der Waals surface area contributed by atoms with Crippen molar-refractivity contribution < 1.29 is 38.4 Å². The van der Waals surface area contributed by atoms with Crippen LogP contribution < -0.4 is 4.74 Å². The van der Waals surface area contributed by atoms with Gasteiger partial charge in [-0.3, -0.25) is 0 Å². The van der Waals surface area contributed by atoms with E-state index in [0.29, 0.717) is 0 Å². The van der Waals surface area contributed by atoms with Crippen molar-refractivity contribution in [2.24, 2.45) is 0 Å². The average molecular weight is 414 g/mol. The molecule has 2 fully saturated rings. The van der Waals surface area contributed by atoms with E-state index < -0.39 is 36.4 Å². The van der Waals surface area contributed by atoms with Gasteiger partial charge in [0.25, 0.3) is 0 Å². The molecule has 2 aliphatic rings. The number of esters is 2. The van der Waals surface area contributed by atoms with Crippen molar-refractivity contribution in [3.05, 3.63) is 65.2 Å². The van der Waals surface area contributed by atoms with Crippen molar-refractivity contribution in [2.45, 2.75) is 31.0 Å². The van der Waals surface area contributed by atoms with E-state index in [1.165, 1.54) is 25.3 Å². The fraction of sp³-hybridized carbons (Fsp3) is 0.364. The Morgan fingerprint density at radius 3 is 2.57 bits per heavy atom. The molecule has 0 aliphatic carbocycles. The number of ether oxygens (including phenoxy) is 5. The average Bonchev–Trinajstić information content (AvgIpc) is 3.35. The second kappa shape index (κ2) is 8.83. The van der Waals surface area contributed by atoms with Crippen molar-refractivity contribution in [3.63, 3.8) is 0 Å². The fourth-order valence-electron chi connectivity index (χ4n) is 3.53. The van der Waals surface area contributed by atoms with Crippen LogP contribution in [0.1, 0.15) is 26.3 Å². The number of aliphatic hydroxyl groups excluding tert-OH is 1. The Morgan fingerprint density at radius 1 is 1.03 bits per heavy atom. The summed E-state index contributed by atoms with van der Waals surface area (Å²) in [5.41, 5.74) is 1.33. The highest BCUT2D eigenvalue weighted by molar-refractivity contribution is 5.96. The summed E-state index contributed by atoms with van der Waals surface area (Å²) in [7, 11) is 1.28. The molecule has 0 saturated carbocycles. The molecule has 4 rings (SSSR count). The molecule has 2 aromatic carbocycles. The molecule has 4 atom stereocenters. The lowest BCUT2D eigenvalue weighted by Gasteiger charge is -2.17. The molecule has 0 unspecified atom stereocenters. The molecule has 0 amide bonds. The van der Waals surface area contributed by atoms with Crippen LogP contribution in [-0.2, 0) is 25.6 Å². The van der Waals surface area contributed by atoms with Gasteiger partial charge in [-0.25, -0.2) is 9.59 Å². The van der Waals surface area contributed by atoms with Crippen molar-refractivity contribution in [2.75, 3.05) is 20.3 Å². The minimum absolute atomic E-state index is 0.148. The summed E-state index contributed by atoms with van der Waals surface area (Å²) in [5.74, 6) is -0.957. The van der Waals surface area contributed by atoms with Crippen LogP contribution in [0.25, 0.3) is 0 Å². The lowest BCUT2D eigenvalue weighted by atomic mass is 10.1. The highest BCUT2D eigenvalue weighted by atomic mass is 16.6. The first-order valence-corrected chi connectivity index (χ1v) is 9.58. The molecule has 2 saturated heterocycles. The second-order valence-electron chi connectivity index (χ2n) is 7.08. The lowest BCUT2D eigenvalue weighted by Crippen LogP contribution is -2.34. The minimum atomic E-state index is -0.726. The molecule has 30 heavy (non-hydrogen) atoms. The molecule has 1 N–H and O–H groups in total. The number of hydrogen-bond acceptors (Lipinski definition) is 8. The Hall–Kier alpha value is -2.94. The molecule has 0 bridgehead atoms. The van der Waals surface area contributed by atoms with Crippen molar-refractivity contribution in [1.29, 1.82) is 0 Å². The third-order valence-corrected chi connectivity index (χ3v) is 5.10. The van der Waals surface area contributed by atoms with Gasteiger partial charge in [-0.1, -0.05) is 30.3 Å². The predicted molar refractivity (Wildman–Crippen MR) is 103 cm³/mol. The van der Waals surface area contributed by atoms with Crippen LogP contribution in [-0.4, -0.2) is 61.8 Å². The molecule has 8 nitrogen and oxygen atoms in total. The summed E-state index contributed by atoms with van der Waals surface area (Å²) >= 11 is 0. The van der Waals surface area contributed by atoms with Gasteiger partial charge in [-0.05, 0) is 23.8 Å². The highest BCUT2D eigenvalue weighted by Gasteiger charge is 2.49. The molecule has 2 heterocycles. The van der Waals surface area contributed by atoms with Crippen LogP contribution in [0.5, 0.6) is 5.75 Å². The Kier molecular flexibility index (Phi) is 5.98. The van der Waals surface area contributed by atoms with Gasteiger partial charge in [-0.15, -0.1) is 0 Å². The van der Waals surface area contributed by atoms with Gasteiger partial charge in [0.2, 0.25) is 0 Å². The van der Waals surface area contributed by atoms with Crippen LogP contribution in [0.2, 0.25) is 0 Å². The van der Waals surface area contributed by atoms with E-state index in [4.69, 9.17) is 23.7 Å². The van der Waals surface area contributed by atoms with Crippen LogP contribution in [0, 0.1) is 0 Å². The third kappa shape index (κ3) is 4.16. The highest BCUT2D eigenvalue weighted by Crippen LogP contribution is 2.30. The van der Waals surface area contributed by atoms with Crippen LogP contribution in [0.15, 0.2) is 48.5 Å². The van der Waals surface area contributed by atoms with Crippen molar-refractivity contribution in [3.8, 4) is 5.75 Å². The van der Waals surface area contributed by atoms with Crippen LogP contribution in [0.4, 0.5) is 0 Å². The number of aliphatic hydroxyl groups is 1. The molecular formula is C22H22O8. The predicted octanol–water partition coefficient (Wildman–Crippen LogP) is 1.74. The number of carbonyl (C=O) groups excluding carboxylic acids is 2. The van der Waals surface area contributed by atoms with Gasteiger partial charge in [-0.2, -0.15) is 0 Å². The van der Waals surface area contributed by atoms with Gasteiger partial charge in [0, 0.05) is 0 Å². The van der Waals surface area contributed by atoms with Gasteiger partial charge in [0.15, 0.2) is 6.10 Å². The molecule has 8 heteroatoms. The summed E-state index contributed by atoms with van der Waals surface area (Å²) in [6.45, 7) is 0.514. The number of fused-ring (bicyclic) bond motifs is 1. The van der Waals surface area contributed by atoms with Crippen molar-refractivity contribution in [1.82, 2.24) is 0 Å². The number of benzene rings is 2. The quantitative estimate of drug-likeness (QED) is 0.714. The van der Waals surface area contributed by atoms with E-state index in [0.717, 1.165) is 5.56 Å². The van der Waals surface area contributed by atoms with E-state index in [1.807, 2.05) is 30.3 Å². The summed E-state index contributed by atoms with van der Waals surface area (Å²) in [6, 6.07) is 13.8. The zero-order valence-electron chi connectivity index (χ0n) is 16.4. The van der Waals surface area contributed by atoms with Gasteiger partial charge in [0.05, 0.1) is 25.9 Å². The fourth-order valence-corrected chi connectivity index (χ4v) is 3.53. The molecule has 0 spiro atoms. The largest absolute Gasteiger partial charge is 0.488 e. The van der Waals surface area contributed by atoms with Gasteiger partial charge < -0.3 is 28.8 Å². The number of rotatable bonds is 6. The number of carbonyl (C=O) groups is 2. The van der Waals surface area contributed by atoms with Crippen LogP contribution in [0.3, 0.4) is 0 Å². The maximum Gasteiger partial charge on any atom is 0.341 e. The molecule has 0 radical (unpaired) electrons. The lowest BCUT2D eigenvalue weighted by molar-refractivity contribution is -0.0209. The number of methoxy groups -OCH3 is 1. The second-order valence-corrected chi connectivity index (χ2v) is 7.08. The van der Waals surface area contributed by atoms with E-state index in [9.17, 15) is 14.7 Å². The summed E-state index contributed by atoms with van der Waals surface area (Å²) < 4.78 is 27.1. The summed E-state index contributed by atoms with van der Waals surface area (Å²) in [6.07, 6.45) is -2.33. The maximum absolute atomic E-state index is 12.7. The summed E-state index contributed by atoms with van der Waals surface area (Å²) in [5, 5.41) is 9.81. The van der Waals surface area contributed by atoms with E-state index in [-0.39, 0.29) is 36.7 Å². The zero-order valence-corrected chi connectivity index (χ0v) is 16.4. The molecule has 2 aliphatic heterocycles. The van der Waals surface area contributed by atoms with Crippen LogP contribution >= 0.6 is 0 Å². The first-order valence-electron chi connectivity index (χ1n) is 9.58. The topological polar surface area (TPSA) is 101 Å². The first kappa shape index (κ1) is 20.3. The molecule has 158 valence electrons. The number of hydrogen-bond donors (Lipinski definition) is 1. The van der Waals surface area contributed by atoms with Crippen molar-refractivity contribution >= 4 is 11.9 Å². The molecule has 2 aromatic rings. The normalized spacial score (nSPS) is 24.9. The smallest absolute Gasteiger partial charge is 0.341 e. The monoisotopic (exact) mass is 414 g/mol. The Balaban J connectivity index is 1.50. The zero-order chi connectivity index (χ0) is 21.1. The minimum Gasteiger partial charge on any atom is -0.488 e. The van der Waals surface area contributed by atoms with E-state index in [2.05, 4.69) is 0 Å². The Morgan fingerprint density at radius 2 is 1.80 bits per heavy atom. The van der Waals surface area contributed by atoms with E-state index in [1.54, 1.807) is 0 Å². The molecular weight excluding hydrogens is 392 g/mol. The maximum atomic E-state index is 12.7. The molecule has 0 aromatic heterocycles. The Bertz CT molecular complexity index is 913. The van der Waals surface area contributed by atoms with E-state index >= 15 is 0 Å². The van der Waals surface area contributed by atoms with Gasteiger partial charge >= 0.3 is 11.9 Å².